The summed E-state index contributed by atoms with van der Waals surface area (Å²) in [6.45, 7) is 0.421. The highest BCUT2D eigenvalue weighted by Crippen LogP contribution is 2.32. The average molecular weight is 359 g/mol. The Balaban J connectivity index is 1.62. The highest BCUT2D eigenvalue weighted by Gasteiger charge is 2.26. The zero-order chi connectivity index (χ0) is 17.6. The molecule has 0 spiro atoms. The van der Waals surface area contributed by atoms with Crippen LogP contribution in [0.1, 0.15) is 19.3 Å². The second kappa shape index (κ2) is 8.27. The fourth-order valence-corrected chi connectivity index (χ4v) is 3.76. The smallest absolute Gasteiger partial charge is 0.259 e. The molecule has 1 aliphatic rings. The van der Waals surface area contributed by atoms with Gasteiger partial charge < -0.3 is 9.47 Å². The Morgan fingerprint density at radius 2 is 1.60 bits per heavy atom. The zero-order valence-electron chi connectivity index (χ0n) is 14.1. The van der Waals surface area contributed by atoms with Crippen molar-refractivity contribution in [2.24, 2.45) is 0 Å². The van der Waals surface area contributed by atoms with Gasteiger partial charge in [0.1, 0.15) is 17.2 Å². The Bertz CT molecular complexity index is 702. The van der Waals surface area contributed by atoms with Gasteiger partial charge in [0.15, 0.2) is 0 Å². The third-order valence-electron chi connectivity index (χ3n) is 4.01. The number of methoxy groups -OCH3 is 1. The molecule has 25 heavy (non-hydrogen) atoms. The number of amides is 1. The number of carbonyl (C=O) groups excluding carboxylic acids is 1. The van der Waals surface area contributed by atoms with Gasteiger partial charge in [0.25, 0.3) is 5.91 Å². The minimum atomic E-state index is -0.235. The molecule has 2 aromatic rings. The lowest BCUT2D eigenvalue weighted by Crippen LogP contribution is -2.33. The summed E-state index contributed by atoms with van der Waals surface area (Å²) in [5.74, 6) is 2.03. The van der Waals surface area contributed by atoms with E-state index in [0.717, 1.165) is 46.5 Å². The Morgan fingerprint density at radius 1 is 1.00 bits per heavy atom. The Morgan fingerprint density at radius 3 is 2.24 bits per heavy atom. The number of rotatable bonds is 5. The molecule has 0 aliphatic carbocycles. The van der Waals surface area contributed by atoms with Gasteiger partial charge in [-0.25, -0.2) is 5.06 Å². The number of carbonyl (C=O) groups is 1. The van der Waals surface area contributed by atoms with Crippen LogP contribution >= 0.6 is 11.8 Å². The molecule has 2 aromatic carbocycles. The molecular weight excluding hydrogens is 338 g/mol. The van der Waals surface area contributed by atoms with Gasteiger partial charge in [0, 0.05) is 11.4 Å². The van der Waals surface area contributed by atoms with E-state index in [2.05, 4.69) is 0 Å². The molecule has 3 rings (SSSR count). The van der Waals surface area contributed by atoms with Crippen molar-refractivity contribution >= 4 is 17.7 Å². The van der Waals surface area contributed by atoms with Crippen molar-refractivity contribution in [1.29, 1.82) is 0 Å². The van der Waals surface area contributed by atoms with E-state index in [-0.39, 0.29) is 11.2 Å². The maximum absolute atomic E-state index is 12.1. The topological polar surface area (TPSA) is 59.0 Å². The summed E-state index contributed by atoms with van der Waals surface area (Å²) in [5.41, 5.74) is 0. The largest absolute Gasteiger partial charge is 0.497 e. The molecule has 1 heterocycles. The minimum Gasteiger partial charge on any atom is -0.497 e. The lowest BCUT2D eigenvalue weighted by molar-refractivity contribution is -0.163. The van der Waals surface area contributed by atoms with Crippen LogP contribution in [0.2, 0.25) is 0 Å². The van der Waals surface area contributed by atoms with Gasteiger partial charge in [-0.15, -0.1) is 11.8 Å². The van der Waals surface area contributed by atoms with Crippen molar-refractivity contribution in [3.05, 3.63) is 48.5 Å². The molecule has 0 radical (unpaired) electrons. The summed E-state index contributed by atoms with van der Waals surface area (Å²) in [7, 11) is 1.63. The van der Waals surface area contributed by atoms with Crippen molar-refractivity contribution in [2.75, 3.05) is 13.7 Å². The molecule has 0 saturated carbocycles. The summed E-state index contributed by atoms with van der Waals surface area (Å²) >= 11 is 1.49. The fraction of sp³-hybridized carbons (Fsp3) is 0.316. The van der Waals surface area contributed by atoms with E-state index in [4.69, 9.17) is 9.47 Å². The van der Waals surface area contributed by atoms with Crippen molar-refractivity contribution in [3.8, 4) is 17.2 Å². The Labute approximate surface area is 151 Å². The first kappa shape index (κ1) is 17.6. The van der Waals surface area contributed by atoms with E-state index in [1.165, 1.54) is 11.8 Å². The molecule has 5 nitrogen and oxygen atoms in total. The number of hydroxylamine groups is 2. The predicted octanol–water partition coefficient (Wildman–Crippen LogP) is 4.35. The van der Waals surface area contributed by atoms with Crippen LogP contribution in [0.15, 0.2) is 53.4 Å². The number of benzene rings is 2. The molecule has 1 saturated heterocycles. The van der Waals surface area contributed by atoms with Gasteiger partial charge in [-0.1, -0.05) is 0 Å². The first-order chi connectivity index (χ1) is 12.2. The lowest BCUT2D eigenvalue weighted by atomic mass is 10.2. The molecular formula is C19H21NO4S. The van der Waals surface area contributed by atoms with E-state index in [0.29, 0.717) is 6.54 Å². The molecule has 1 amide bonds. The maximum Gasteiger partial charge on any atom is 0.259 e. The van der Waals surface area contributed by atoms with Crippen LogP contribution in [0.3, 0.4) is 0 Å². The van der Waals surface area contributed by atoms with E-state index >= 15 is 0 Å². The van der Waals surface area contributed by atoms with Crippen molar-refractivity contribution in [1.82, 2.24) is 5.06 Å². The average Bonchev–Trinajstić information content (AvgIpc) is 2.80. The van der Waals surface area contributed by atoms with Crippen LogP contribution in [-0.2, 0) is 4.79 Å². The maximum atomic E-state index is 12.1. The quantitative estimate of drug-likeness (QED) is 0.804. The minimum absolute atomic E-state index is 0.207. The zero-order valence-corrected chi connectivity index (χ0v) is 14.9. The van der Waals surface area contributed by atoms with E-state index in [1.807, 2.05) is 48.5 Å². The number of thioether (sulfide) groups is 1. The monoisotopic (exact) mass is 359 g/mol. The molecule has 1 aliphatic heterocycles. The van der Waals surface area contributed by atoms with Gasteiger partial charge in [-0.2, -0.15) is 0 Å². The van der Waals surface area contributed by atoms with Crippen LogP contribution in [0.5, 0.6) is 17.2 Å². The highest BCUT2D eigenvalue weighted by atomic mass is 32.2. The van der Waals surface area contributed by atoms with E-state index < -0.39 is 0 Å². The van der Waals surface area contributed by atoms with Gasteiger partial charge in [-0.3, -0.25) is 10.0 Å². The van der Waals surface area contributed by atoms with Crippen molar-refractivity contribution in [2.45, 2.75) is 29.4 Å². The van der Waals surface area contributed by atoms with Gasteiger partial charge in [0.05, 0.1) is 12.4 Å². The number of hydrogen-bond acceptors (Lipinski definition) is 5. The van der Waals surface area contributed by atoms with E-state index in [1.54, 1.807) is 7.11 Å². The summed E-state index contributed by atoms with van der Waals surface area (Å²) in [6, 6.07) is 15.0. The van der Waals surface area contributed by atoms with E-state index in [9.17, 15) is 10.0 Å². The summed E-state index contributed by atoms with van der Waals surface area (Å²) in [6.07, 6.45) is 2.57. The molecule has 1 N–H and O–H groups in total. The first-order valence-electron chi connectivity index (χ1n) is 8.24. The molecule has 1 fully saturated rings. The van der Waals surface area contributed by atoms with Crippen molar-refractivity contribution in [3.63, 3.8) is 0 Å². The summed E-state index contributed by atoms with van der Waals surface area (Å²) in [4.78, 5) is 13.1. The van der Waals surface area contributed by atoms with Crippen LogP contribution < -0.4 is 9.47 Å². The fourth-order valence-electron chi connectivity index (χ4n) is 2.63. The standard InChI is InChI=1S/C19H21NO4S/c1-23-14-5-7-15(8-6-14)24-16-9-11-17(12-10-16)25-18-4-2-3-13-20(22)19(18)21/h5-12,18,22H,2-4,13H2,1H3. The molecule has 0 aromatic heterocycles. The first-order valence-corrected chi connectivity index (χ1v) is 9.12. The second-order valence-corrected chi connectivity index (χ2v) is 7.09. The van der Waals surface area contributed by atoms with Gasteiger partial charge in [0.2, 0.25) is 0 Å². The molecule has 1 atom stereocenters. The number of nitrogens with zero attached hydrogens (tertiary/aromatic N) is 1. The predicted molar refractivity (Wildman–Crippen MR) is 96.5 cm³/mol. The van der Waals surface area contributed by atoms with Crippen molar-refractivity contribution < 1.29 is 19.5 Å². The molecule has 132 valence electrons. The third kappa shape index (κ3) is 4.67. The summed E-state index contributed by atoms with van der Waals surface area (Å²) < 4.78 is 10.9. The van der Waals surface area contributed by atoms with Gasteiger partial charge in [-0.05, 0) is 67.8 Å². The van der Waals surface area contributed by atoms with Crippen LogP contribution in [0, 0.1) is 0 Å². The normalized spacial score (nSPS) is 17.9. The highest BCUT2D eigenvalue weighted by molar-refractivity contribution is 8.00. The second-order valence-electron chi connectivity index (χ2n) is 5.81. The Hall–Kier alpha value is -2.18. The number of ether oxygens (including phenoxy) is 2. The molecule has 0 bridgehead atoms. The van der Waals surface area contributed by atoms with Gasteiger partial charge >= 0.3 is 0 Å². The SMILES string of the molecule is COc1ccc(Oc2ccc(SC3CCCCN(O)C3=O)cc2)cc1. The van der Waals surface area contributed by atoms with Crippen LogP contribution in [0.25, 0.3) is 0 Å². The number of hydrogen-bond donors (Lipinski definition) is 1. The van der Waals surface area contributed by atoms with Crippen LogP contribution in [-0.4, -0.2) is 35.1 Å². The van der Waals surface area contributed by atoms with Crippen LogP contribution in [0.4, 0.5) is 0 Å². The molecule has 6 heteroatoms. The lowest BCUT2D eigenvalue weighted by Gasteiger charge is -2.17. The summed E-state index contributed by atoms with van der Waals surface area (Å²) in [5, 5.41) is 10.3. The Kier molecular flexibility index (Phi) is 5.83. The third-order valence-corrected chi connectivity index (χ3v) is 5.28. The molecule has 1 unspecified atom stereocenters.